The summed E-state index contributed by atoms with van der Waals surface area (Å²) in [6, 6.07) is 7.05. The van der Waals surface area contributed by atoms with Gasteiger partial charge >= 0.3 is 7.60 Å². The molecule has 0 bridgehead atoms. The third-order valence-corrected chi connectivity index (χ3v) is 6.29. The molecule has 0 spiro atoms. The molecule has 1 aromatic carbocycles. The van der Waals surface area contributed by atoms with Crippen molar-refractivity contribution in [3.05, 3.63) is 53.7 Å². The predicted octanol–water partition coefficient (Wildman–Crippen LogP) is 2.61. The van der Waals surface area contributed by atoms with E-state index < -0.39 is 30.8 Å². The van der Waals surface area contributed by atoms with Crippen molar-refractivity contribution in [2.24, 2.45) is 5.92 Å². The smallest absolute Gasteiger partial charge is 0.334 e. The van der Waals surface area contributed by atoms with E-state index in [-0.39, 0.29) is 6.16 Å². The van der Waals surface area contributed by atoms with Crippen LogP contribution in [-0.4, -0.2) is 48.6 Å². The summed E-state index contributed by atoms with van der Waals surface area (Å²) in [6.07, 6.45) is 5.80. The first-order valence-electron chi connectivity index (χ1n) is 8.31. The van der Waals surface area contributed by atoms with Crippen LogP contribution in [0.5, 0.6) is 0 Å². The molecule has 7 nitrogen and oxygen atoms in total. The zero-order valence-electron chi connectivity index (χ0n) is 15.8. The van der Waals surface area contributed by atoms with Crippen molar-refractivity contribution >= 4 is 25.4 Å². The highest BCUT2D eigenvalue weighted by Gasteiger charge is 2.43. The van der Waals surface area contributed by atoms with Crippen molar-refractivity contribution in [2.45, 2.75) is 18.7 Å². The number of rotatable bonds is 7. The summed E-state index contributed by atoms with van der Waals surface area (Å²) in [5.41, 5.74) is -0.136. The minimum atomic E-state index is -3.20. The van der Waals surface area contributed by atoms with Crippen LogP contribution in [0.2, 0.25) is 0 Å². The molecule has 0 radical (unpaired) electrons. The van der Waals surface area contributed by atoms with Crippen LogP contribution in [0.25, 0.3) is 6.08 Å². The van der Waals surface area contributed by atoms with E-state index in [1.165, 1.54) is 51.4 Å². The number of hydrogen-bond acceptors (Lipinski definition) is 6. The largest absolute Gasteiger partial charge is 0.385 e. The minimum Gasteiger partial charge on any atom is -0.385 e. The van der Waals surface area contributed by atoms with Crippen molar-refractivity contribution in [1.82, 2.24) is 4.90 Å². The van der Waals surface area contributed by atoms with Crippen molar-refractivity contribution in [1.29, 1.82) is 0 Å². The molecule has 0 saturated heterocycles. The van der Waals surface area contributed by atoms with Gasteiger partial charge < -0.3 is 19.1 Å². The average molecular weight is 393 g/mol. The number of carbonyl (C=O) groups excluding carboxylic acids is 2. The van der Waals surface area contributed by atoms with E-state index in [0.29, 0.717) is 5.56 Å². The molecule has 2 atom stereocenters. The number of benzene rings is 1. The second-order valence-corrected chi connectivity index (χ2v) is 8.81. The highest BCUT2D eigenvalue weighted by atomic mass is 31.2. The number of nitrogens with zero attached hydrogens (tertiary/aromatic N) is 1. The molecule has 1 N–H and O–H groups in total. The van der Waals surface area contributed by atoms with Gasteiger partial charge in [0.25, 0.3) is 0 Å². The molecule has 0 aromatic heterocycles. The van der Waals surface area contributed by atoms with Crippen LogP contribution in [-0.2, 0) is 29.4 Å². The van der Waals surface area contributed by atoms with E-state index >= 15 is 0 Å². The predicted molar refractivity (Wildman–Crippen MR) is 102 cm³/mol. The van der Waals surface area contributed by atoms with Gasteiger partial charge in [0.2, 0.25) is 5.91 Å². The molecular weight excluding hydrogens is 369 g/mol. The highest BCUT2D eigenvalue weighted by Crippen LogP contribution is 2.49. The van der Waals surface area contributed by atoms with Crippen molar-refractivity contribution in [3.8, 4) is 0 Å². The lowest BCUT2D eigenvalue weighted by Gasteiger charge is -2.34. The molecule has 1 aliphatic heterocycles. The van der Waals surface area contributed by atoms with Gasteiger partial charge in [-0.25, -0.2) is 0 Å². The average Bonchev–Trinajstić information content (AvgIpc) is 2.63. The van der Waals surface area contributed by atoms with Crippen LogP contribution in [0.1, 0.15) is 18.1 Å². The normalized spacial score (nSPS) is 23.2. The molecule has 1 amide bonds. The van der Waals surface area contributed by atoms with Gasteiger partial charge in [-0.3, -0.25) is 14.2 Å². The fraction of sp³-hybridized carbons (Fsp3) is 0.368. The van der Waals surface area contributed by atoms with Gasteiger partial charge in [0.15, 0.2) is 5.78 Å². The zero-order valence-corrected chi connectivity index (χ0v) is 16.7. The fourth-order valence-electron chi connectivity index (χ4n) is 2.79. The third kappa shape index (κ3) is 5.02. The molecule has 2 rings (SSSR count). The lowest BCUT2D eigenvalue weighted by molar-refractivity contribution is -0.146. The van der Waals surface area contributed by atoms with E-state index in [2.05, 4.69) is 0 Å². The molecule has 8 heteroatoms. The summed E-state index contributed by atoms with van der Waals surface area (Å²) < 4.78 is 22.1. The molecule has 2 unspecified atom stereocenters. The Hall–Kier alpha value is -2.05. The second-order valence-electron chi connectivity index (χ2n) is 6.54. The van der Waals surface area contributed by atoms with Crippen LogP contribution < -0.4 is 0 Å². The lowest BCUT2D eigenvalue weighted by Crippen LogP contribution is -2.50. The van der Waals surface area contributed by atoms with Gasteiger partial charge in [0.1, 0.15) is 11.5 Å². The Morgan fingerprint density at radius 3 is 2.67 bits per heavy atom. The Bertz CT molecular complexity index is 821. The van der Waals surface area contributed by atoms with Crippen LogP contribution in [0.15, 0.2) is 42.6 Å². The van der Waals surface area contributed by atoms with Gasteiger partial charge in [0, 0.05) is 27.5 Å². The van der Waals surface area contributed by atoms with Crippen LogP contribution >= 0.6 is 7.60 Å². The maximum atomic E-state index is 12.5. The Balaban J connectivity index is 2.19. The molecule has 27 heavy (non-hydrogen) atoms. The SMILES string of the molecule is COP(=O)(Cc1cccc(C=CC(=O)C2C(=O)N(C)C=CC2(C)O)c1)OC. The summed E-state index contributed by atoms with van der Waals surface area (Å²) in [6.45, 7) is 1.43. The molecular formula is C19H24NO6P. The highest BCUT2D eigenvalue weighted by molar-refractivity contribution is 7.52. The molecule has 146 valence electrons. The standard InChI is InChI=1S/C19H24NO6P/c1-19(23)10-11-20(2)18(22)17(19)16(21)9-8-14-6-5-7-15(12-14)13-27(24,25-3)26-4/h5-12,17,23H,13H2,1-4H3. The molecule has 1 aliphatic rings. The van der Waals surface area contributed by atoms with Crippen LogP contribution in [0.3, 0.4) is 0 Å². The van der Waals surface area contributed by atoms with Crippen LogP contribution in [0.4, 0.5) is 0 Å². The molecule has 0 saturated carbocycles. The summed E-state index contributed by atoms with van der Waals surface area (Å²) in [5.74, 6) is -2.16. The first-order chi connectivity index (χ1) is 12.6. The van der Waals surface area contributed by atoms with E-state index in [1.807, 2.05) is 0 Å². The van der Waals surface area contributed by atoms with Gasteiger partial charge in [0.05, 0.1) is 6.16 Å². The van der Waals surface area contributed by atoms with Crippen LogP contribution in [0, 0.1) is 5.92 Å². The Labute approximate surface area is 158 Å². The molecule has 1 heterocycles. The summed E-state index contributed by atoms with van der Waals surface area (Å²) in [4.78, 5) is 26.1. The number of ketones is 1. The number of allylic oxidation sites excluding steroid dienone is 1. The zero-order chi connectivity index (χ0) is 20.2. The Morgan fingerprint density at radius 1 is 1.37 bits per heavy atom. The van der Waals surface area contributed by atoms with Gasteiger partial charge in [-0.05, 0) is 30.2 Å². The van der Waals surface area contributed by atoms with Gasteiger partial charge in [-0.1, -0.05) is 30.3 Å². The summed E-state index contributed by atoms with van der Waals surface area (Å²) >= 11 is 0. The monoisotopic (exact) mass is 393 g/mol. The maximum Gasteiger partial charge on any atom is 0.334 e. The van der Waals surface area contributed by atoms with Gasteiger partial charge in [-0.15, -0.1) is 0 Å². The second kappa shape index (κ2) is 8.31. The fourth-order valence-corrected chi connectivity index (χ4v) is 3.84. The minimum absolute atomic E-state index is 0.0983. The number of amides is 1. The quantitative estimate of drug-likeness (QED) is 0.435. The Kier molecular flexibility index (Phi) is 6.54. The van der Waals surface area contributed by atoms with E-state index in [1.54, 1.807) is 30.3 Å². The van der Waals surface area contributed by atoms with E-state index in [9.17, 15) is 19.3 Å². The number of aliphatic hydroxyl groups is 1. The first kappa shape index (κ1) is 21.3. The van der Waals surface area contributed by atoms with E-state index in [0.717, 1.165) is 5.56 Å². The first-order valence-corrected chi connectivity index (χ1v) is 10.0. The number of carbonyl (C=O) groups is 2. The molecule has 0 fully saturated rings. The summed E-state index contributed by atoms with van der Waals surface area (Å²) in [5, 5.41) is 10.4. The van der Waals surface area contributed by atoms with E-state index in [4.69, 9.17) is 9.05 Å². The maximum absolute atomic E-state index is 12.5. The third-order valence-electron chi connectivity index (χ3n) is 4.42. The topological polar surface area (TPSA) is 93.1 Å². The van der Waals surface area contributed by atoms with Crippen molar-refractivity contribution in [3.63, 3.8) is 0 Å². The lowest BCUT2D eigenvalue weighted by atomic mass is 9.82. The number of hydrogen-bond donors (Lipinski definition) is 1. The van der Waals surface area contributed by atoms with Crippen molar-refractivity contribution < 1.29 is 28.3 Å². The molecule has 1 aromatic rings. The summed E-state index contributed by atoms with van der Waals surface area (Å²) in [7, 11) is 0.985. The van der Waals surface area contributed by atoms with Crippen molar-refractivity contribution in [2.75, 3.05) is 21.3 Å². The molecule has 0 aliphatic carbocycles. The Morgan fingerprint density at radius 2 is 2.04 bits per heavy atom. The van der Waals surface area contributed by atoms with Gasteiger partial charge in [-0.2, -0.15) is 0 Å².